The van der Waals surface area contributed by atoms with Gasteiger partial charge in [0, 0.05) is 19.8 Å². The molecule has 0 aromatic heterocycles. The van der Waals surface area contributed by atoms with Gasteiger partial charge in [-0.3, -0.25) is 0 Å². The van der Waals surface area contributed by atoms with Crippen molar-refractivity contribution in [2.75, 3.05) is 20.7 Å². The van der Waals surface area contributed by atoms with Crippen molar-refractivity contribution in [3.63, 3.8) is 0 Å². The number of allylic oxidation sites excluding steroid dienone is 2. The Morgan fingerprint density at radius 1 is 1.31 bits per heavy atom. The number of methoxy groups -OCH3 is 1. The summed E-state index contributed by atoms with van der Waals surface area (Å²) < 4.78 is 5.24. The van der Waals surface area contributed by atoms with Crippen molar-refractivity contribution in [2.45, 2.75) is 6.42 Å². The first-order valence-corrected chi connectivity index (χ1v) is 5.52. The summed E-state index contributed by atoms with van der Waals surface area (Å²) in [5.41, 5.74) is 2.43. The van der Waals surface area contributed by atoms with E-state index < -0.39 is 0 Å². The number of ether oxygens (including phenoxy) is 1. The summed E-state index contributed by atoms with van der Waals surface area (Å²) in [6.07, 6.45) is 7.67. The largest absolute Gasteiger partial charge is 0.497 e. The molecule has 2 nitrogen and oxygen atoms in total. The molecule has 0 fully saturated rings. The highest BCUT2D eigenvalue weighted by molar-refractivity contribution is 5.74. The molecule has 0 atom stereocenters. The molecule has 0 saturated carbocycles. The van der Waals surface area contributed by atoms with E-state index in [-0.39, 0.29) is 0 Å². The molecule has 84 valence electrons. The third-order valence-electron chi connectivity index (χ3n) is 2.71. The highest BCUT2D eigenvalue weighted by Gasteiger charge is 2.04. The van der Waals surface area contributed by atoms with Crippen molar-refractivity contribution in [1.29, 1.82) is 0 Å². The molecule has 2 heteroatoms. The van der Waals surface area contributed by atoms with Crippen molar-refractivity contribution in [2.24, 2.45) is 0 Å². The average molecular weight is 215 g/mol. The molecule has 1 aliphatic rings. The summed E-state index contributed by atoms with van der Waals surface area (Å²) in [6, 6.07) is 8.16. The van der Waals surface area contributed by atoms with E-state index in [4.69, 9.17) is 4.74 Å². The van der Waals surface area contributed by atoms with Gasteiger partial charge in [0.15, 0.2) is 0 Å². The Balaban J connectivity index is 2.34. The summed E-state index contributed by atoms with van der Waals surface area (Å²) in [6.45, 7) is 1.07. The molecule has 1 heterocycles. The minimum absolute atomic E-state index is 0.902. The molecule has 0 amide bonds. The number of hydrogen-bond acceptors (Lipinski definition) is 2. The maximum absolute atomic E-state index is 5.24. The molecule has 0 unspecified atom stereocenters. The van der Waals surface area contributed by atoms with E-state index in [0.717, 1.165) is 18.7 Å². The molecular weight excluding hydrogens is 198 g/mol. The van der Waals surface area contributed by atoms with Crippen LogP contribution in [0.2, 0.25) is 0 Å². The van der Waals surface area contributed by atoms with Crippen molar-refractivity contribution in [1.82, 2.24) is 4.90 Å². The molecule has 2 rings (SSSR count). The fourth-order valence-corrected chi connectivity index (χ4v) is 1.81. The first kappa shape index (κ1) is 10.8. The Morgan fingerprint density at radius 2 is 2.19 bits per heavy atom. The lowest BCUT2D eigenvalue weighted by Gasteiger charge is -2.12. The Hall–Kier alpha value is -1.70. The average Bonchev–Trinajstić information content (AvgIpc) is 2.54. The topological polar surface area (TPSA) is 12.5 Å². The monoisotopic (exact) mass is 215 g/mol. The van der Waals surface area contributed by atoms with Gasteiger partial charge in [-0.25, -0.2) is 0 Å². The van der Waals surface area contributed by atoms with Crippen LogP contribution in [0.4, 0.5) is 0 Å². The minimum Gasteiger partial charge on any atom is -0.497 e. The maximum Gasteiger partial charge on any atom is 0.119 e. The third kappa shape index (κ3) is 2.45. The van der Waals surface area contributed by atoms with E-state index >= 15 is 0 Å². The third-order valence-corrected chi connectivity index (χ3v) is 2.71. The number of nitrogens with zero attached hydrogens (tertiary/aromatic N) is 1. The molecule has 0 saturated heterocycles. The van der Waals surface area contributed by atoms with Crippen LogP contribution in [-0.4, -0.2) is 25.6 Å². The molecule has 0 aliphatic carbocycles. The Kier molecular flexibility index (Phi) is 3.30. The lowest BCUT2D eigenvalue weighted by atomic mass is 10.1. The normalized spacial score (nSPS) is 15.6. The lowest BCUT2D eigenvalue weighted by Crippen LogP contribution is -2.10. The molecule has 0 spiro atoms. The van der Waals surface area contributed by atoms with Crippen LogP contribution in [0.1, 0.15) is 12.0 Å². The molecule has 1 aliphatic heterocycles. The van der Waals surface area contributed by atoms with Gasteiger partial charge in [0.25, 0.3) is 0 Å². The summed E-state index contributed by atoms with van der Waals surface area (Å²) in [4.78, 5) is 2.22. The second-order valence-corrected chi connectivity index (χ2v) is 3.99. The zero-order valence-electron chi connectivity index (χ0n) is 9.81. The summed E-state index contributed by atoms with van der Waals surface area (Å²) in [5.74, 6) is 0.902. The van der Waals surface area contributed by atoms with Crippen LogP contribution >= 0.6 is 0 Å². The summed E-state index contributed by atoms with van der Waals surface area (Å²) >= 11 is 0. The number of rotatable bonds is 2. The first-order chi connectivity index (χ1) is 7.79. The second-order valence-electron chi connectivity index (χ2n) is 3.99. The van der Waals surface area contributed by atoms with Crippen LogP contribution in [0, 0.1) is 0 Å². The second kappa shape index (κ2) is 4.88. The van der Waals surface area contributed by atoms with E-state index in [1.165, 1.54) is 11.1 Å². The van der Waals surface area contributed by atoms with Gasteiger partial charge < -0.3 is 9.64 Å². The molecule has 1 aromatic rings. The van der Waals surface area contributed by atoms with Gasteiger partial charge >= 0.3 is 0 Å². The van der Waals surface area contributed by atoms with Crippen LogP contribution in [0.5, 0.6) is 5.75 Å². The smallest absolute Gasteiger partial charge is 0.119 e. The Morgan fingerprint density at radius 3 is 3.00 bits per heavy atom. The first-order valence-electron chi connectivity index (χ1n) is 5.52. The summed E-state index contributed by atoms with van der Waals surface area (Å²) in [7, 11) is 3.80. The highest BCUT2D eigenvalue weighted by atomic mass is 16.5. The SMILES string of the molecule is COc1cccc(C2=CN(C)CCC=C2)c1. The van der Waals surface area contributed by atoms with E-state index in [1.54, 1.807) is 7.11 Å². The van der Waals surface area contributed by atoms with Crippen molar-refractivity contribution >= 4 is 5.57 Å². The molecule has 16 heavy (non-hydrogen) atoms. The van der Waals surface area contributed by atoms with Gasteiger partial charge in [-0.2, -0.15) is 0 Å². The van der Waals surface area contributed by atoms with E-state index in [9.17, 15) is 0 Å². The van der Waals surface area contributed by atoms with Crippen LogP contribution < -0.4 is 4.74 Å². The van der Waals surface area contributed by atoms with Crippen LogP contribution in [-0.2, 0) is 0 Å². The molecular formula is C14H17NO. The molecule has 0 N–H and O–H groups in total. The van der Waals surface area contributed by atoms with Crippen LogP contribution in [0.25, 0.3) is 5.57 Å². The van der Waals surface area contributed by atoms with Crippen molar-refractivity contribution < 1.29 is 4.74 Å². The van der Waals surface area contributed by atoms with Gasteiger partial charge in [-0.15, -0.1) is 0 Å². The van der Waals surface area contributed by atoms with E-state index in [0.29, 0.717) is 0 Å². The Bertz CT molecular complexity index is 420. The predicted molar refractivity (Wildman–Crippen MR) is 67.4 cm³/mol. The predicted octanol–water partition coefficient (Wildman–Crippen LogP) is 2.93. The van der Waals surface area contributed by atoms with Crippen molar-refractivity contribution in [3.8, 4) is 5.75 Å². The van der Waals surface area contributed by atoms with Gasteiger partial charge in [-0.1, -0.05) is 24.3 Å². The number of hydrogen-bond donors (Lipinski definition) is 0. The standard InChI is InChI=1S/C14H17NO/c1-15-9-4-3-6-13(11-15)12-7-5-8-14(10-12)16-2/h3,5-8,10-11H,4,9H2,1-2H3. The fourth-order valence-electron chi connectivity index (χ4n) is 1.81. The molecule has 0 radical (unpaired) electrons. The maximum atomic E-state index is 5.24. The van der Waals surface area contributed by atoms with Crippen molar-refractivity contribution in [3.05, 3.63) is 48.2 Å². The van der Waals surface area contributed by atoms with Gasteiger partial charge in [-0.05, 0) is 29.7 Å². The van der Waals surface area contributed by atoms with Gasteiger partial charge in [0.1, 0.15) is 5.75 Å². The minimum atomic E-state index is 0.902. The zero-order valence-corrected chi connectivity index (χ0v) is 9.81. The zero-order chi connectivity index (χ0) is 11.4. The van der Waals surface area contributed by atoms with Gasteiger partial charge in [0.05, 0.1) is 7.11 Å². The summed E-state index contributed by atoms with van der Waals surface area (Å²) in [5, 5.41) is 0. The number of benzene rings is 1. The molecule has 1 aromatic carbocycles. The highest BCUT2D eigenvalue weighted by Crippen LogP contribution is 2.22. The van der Waals surface area contributed by atoms with E-state index in [2.05, 4.69) is 42.4 Å². The van der Waals surface area contributed by atoms with Crippen LogP contribution in [0.15, 0.2) is 42.6 Å². The van der Waals surface area contributed by atoms with Crippen LogP contribution in [0.3, 0.4) is 0 Å². The fraction of sp³-hybridized carbons (Fsp3) is 0.286. The van der Waals surface area contributed by atoms with E-state index in [1.807, 2.05) is 12.1 Å². The quantitative estimate of drug-likeness (QED) is 0.752. The molecule has 0 bridgehead atoms. The lowest BCUT2D eigenvalue weighted by molar-refractivity contribution is 0.414. The Labute approximate surface area is 96.8 Å². The van der Waals surface area contributed by atoms with Gasteiger partial charge in [0.2, 0.25) is 0 Å².